The van der Waals surface area contributed by atoms with Gasteiger partial charge in [-0.25, -0.2) is 14.2 Å². The number of nitrogens with one attached hydrogen (secondary N) is 1. The van der Waals surface area contributed by atoms with Crippen LogP contribution >= 0.6 is 12.2 Å². The van der Waals surface area contributed by atoms with Gasteiger partial charge in [-0.1, -0.05) is 12.2 Å². The number of amides is 2. The first-order chi connectivity index (χ1) is 16.8. The number of halogens is 3. The molecule has 1 unspecified atom stereocenters. The maximum Gasteiger partial charge on any atom is 0.414 e. The summed E-state index contributed by atoms with van der Waals surface area (Å²) in [6.45, 7) is 1.28. The molecule has 35 heavy (non-hydrogen) atoms. The van der Waals surface area contributed by atoms with Crippen molar-refractivity contribution in [2.45, 2.75) is 12.5 Å². The molecule has 0 aliphatic carbocycles. The molecular formula is C22H22F3N5O4S. The number of carbonyl (C=O) groups is 2. The standard InChI is InChI=1S/C22H22F3N5O4S/c23-17-11-15(29-13-16(34-22(29)32)12-27-20(31)19(24)25)1-2-18(17)28-7-8-30(33-10-9-28)21(35)14-3-5-26-6-4-14/h1-6,11,16,19H,7-10,12-13H2,(H,27,31). The predicted molar refractivity (Wildman–Crippen MR) is 124 cm³/mol. The summed E-state index contributed by atoms with van der Waals surface area (Å²) in [6.07, 6.45) is -1.46. The van der Waals surface area contributed by atoms with Gasteiger partial charge in [0.25, 0.3) is 5.91 Å². The highest BCUT2D eigenvalue weighted by Gasteiger charge is 2.33. The van der Waals surface area contributed by atoms with Crippen LogP contribution in [-0.2, 0) is 14.4 Å². The van der Waals surface area contributed by atoms with Gasteiger partial charge in [-0.2, -0.15) is 8.78 Å². The molecule has 2 amide bonds. The molecule has 2 fully saturated rings. The van der Waals surface area contributed by atoms with Gasteiger partial charge in [0.15, 0.2) is 0 Å². The molecular weight excluding hydrogens is 487 g/mol. The number of alkyl halides is 2. The van der Waals surface area contributed by atoms with E-state index in [1.54, 1.807) is 41.7 Å². The van der Waals surface area contributed by atoms with Gasteiger partial charge in [0.2, 0.25) is 0 Å². The van der Waals surface area contributed by atoms with E-state index in [-0.39, 0.29) is 25.4 Å². The van der Waals surface area contributed by atoms with Crippen molar-refractivity contribution >= 4 is 40.6 Å². The lowest BCUT2D eigenvalue weighted by Gasteiger charge is -2.24. The third-order valence-electron chi connectivity index (χ3n) is 5.49. The monoisotopic (exact) mass is 509 g/mol. The van der Waals surface area contributed by atoms with Crippen LogP contribution in [0.2, 0.25) is 0 Å². The summed E-state index contributed by atoms with van der Waals surface area (Å²) < 4.78 is 44.8. The zero-order valence-corrected chi connectivity index (χ0v) is 19.2. The molecule has 2 saturated heterocycles. The van der Waals surface area contributed by atoms with E-state index in [4.69, 9.17) is 21.8 Å². The van der Waals surface area contributed by atoms with Crippen LogP contribution in [0.4, 0.5) is 29.3 Å². The third kappa shape index (κ3) is 5.80. The highest BCUT2D eigenvalue weighted by atomic mass is 32.1. The molecule has 1 N–H and O–H groups in total. The number of benzene rings is 1. The Labute approximate surface area is 204 Å². The number of pyridine rings is 1. The predicted octanol–water partition coefficient (Wildman–Crippen LogP) is 2.36. The summed E-state index contributed by atoms with van der Waals surface area (Å²) in [6, 6.07) is 7.91. The molecule has 0 radical (unpaired) electrons. The van der Waals surface area contributed by atoms with E-state index >= 15 is 4.39 Å². The van der Waals surface area contributed by atoms with Crippen LogP contribution in [-0.4, -0.2) is 78.9 Å². The quantitative estimate of drug-likeness (QED) is 0.594. The summed E-state index contributed by atoms with van der Waals surface area (Å²) in [4.78, 5) is 36.5. The maximum absolute atomic E-state index is 15.1. The fourth-order valence-electron chi connectivity index (χ4n) is 3.74. The van der Waals surface area contributed by atoms with Crippen molar-refractivity contribution in [1.29, 1.82) is 0 Å². The molecule has 1 aromatic carbocycles. The van der Waals surface area contributed by atoms with Crippen LogP contribution < -0.4 is 15.1 Å². The number of hydrogen-bond acceptors (Lipinski definition) is 7. The van der Waals surface area contributed by atoms with Gasteiger partial charge in [0.1, 0.15) is 16.9 Å². The Kier molecular flexibility index (Phi) is 7.66. The smallest absolute Gasteiger partial charge is 0.414 e. The molecule has 0 saturated carbocycles. The van der Waals surface area contributed by atoms with Gasteiger partial charge >= 0.3 is 12.5 Å². The van der Waals surface area contributed by atoms with E-state index in [0.29, 0.717) is 30.3 Å². The van der Waals surface area contributed by atoms with E-state index in [9.17, 15) is 18.4 Å². The number of hydroxylamine groups is 2. The van der Waals surface area contributed by atoms with Gasteiger partial charge in [-0.3, -0.25) is 19.5 Å². The lowest BCUT2D eigenvalue weighted by Crippen LogP contribution is -2.37. The molecule has 4 rings (SSSR count). The van der Waals surface area contributed by atoms with E-state index in [1.165, 1.54) is 11.0 Å². The number of rotatable bonds is 6. The summed E-state index contributed by atoms with van der Waals surface area (Å²) in [5.41, 5.74) is 1.39. The maximum atomic E-state index is 15.1. The largest absolute Gasteiger partial charge is 0.442 e. The minimum Gasteiger partial charge on any atom is -0.442 e. The summed E-state index contributed by atoms with van der Waals surface area (Å²) in [5, 5.41) is 3.61. The molecule has 3 heterocycles. The summed E-state index contributed by atoms with van der Waals surface area (Å²) in [5.74, 6) is -1.99. The van der Waals surface area contributed by atoms with Gasteiger partial charge in [0.05, 0.1) is 37.6 Å². The highest BCUT2D eigenvalue weighted by Crippen LogP contribution is 2.28. The van der Waals surface area contributed by atoms with Crippen LogP contribution in [0.25, 0.3) is 0 Å². The average Bonchev–Trinajstić information content (AvgIpc) is 3.06. The first-order valence-corrected chi connectivity index (χ1v) is 11.2. The van der Waals surface area contributed by atoms with E-state index in [2.05, 4.69) is 4.98 Å². The number of hydrogen-bond donors (Lipinski definition) is 1. The molecule has 0 spiro atoms. The number of ether oxygens (including phenoxy) is 1. The number of nitrogens with zero attached hydrogens (tertiary/aromatic N) is 4. The highest BCUT2D eigenvalue weighted by molar-refractivity contribution is 7.80. The Hall–Kier alpha value is -3.45. The zero-order valence-electron chi connectivity index (χ0n) is 18.4. The van der Waals surface area contributed by atoms with Crippen molar-refractivity contribution in [3.8, 4) is 0 Å². The summed E-state index contributed by atoms with van der Waals surface area (Å²) in [7, 11) is 0. The van der Waals surface area contributed by atoms with Gasteiger partial charge in [0, 0.05) is 31.0 Å². The molecule has 1 aromatic heterocycles. The number of carbonyl (C=O) groups excluding carboxylic acids is 2. The first-order valence-electron chi connectivity index (χ1n) is 10.8. The minimum atomic E-state index is -3.16. The Bertz CT molecular complexity index is 1090. The van der Waals surface area contributed by atoms with Crippen molar-refractivity contribution in [2.75, 3.05) is 49.1 Å². The molecule has 0 bridgehead atoms. The molecule has 9 nitrogen and oxygen atoms in total. The van der Waals surface area contributed by atoms with Crippen LogP contribution in [0, 0.1) is 5.82 Å². The van der Waals surface area contributed by atoms with Crippen LogP contribution in [0.3, 0.4) is 0 Å². The van der Waals surface area contributed by atoms with E-state index in [1.807, 2.05) is 10.2 Å². The average molecular weight is 510 g/mol. The van der Waals surface area contributed by atoms with Gasteiger partial charge < -0.3 is 15.0 Å². The Morgan fingerprint density at radius 2 is 1.97 bits per heavy atom. The number of anilines is 2. The van der Waals surface area contributed by atoms with Crippen LogP contribution in [0.5, 0.6) is 0 Å². The summed E-state index contributed by atoms with van der Waals surface area (Å²) >= 11 is 5.50. The van der Waals surface area contributed by atoms with E-state index in [0.717, 1.165) is 5.56 Å². The Balaban J connectivity index is 1.38. The van der Waals surface area contributed by atoms with Crippen molar-refractivity contribution < 1.29 is 32.3 Å². The fourth-order valence-corrected chi connectivity index (χ4v) is 4.02. The van der Waals surface area contributed by atoms with Crippen LogP contribution in [0.1, 0.15) is 5.56 Å². The zero-order chi connectivity index (χ0) is 24.9. The minimum absolute atomic E-state index is 0.0138. The lowest BCUT2D eigenvalue weighted by atomic mass is 10.2. The topological polar surface area (TPSA) is 87.2 Å². The third-order valence-corrected chi connectivity index (χ3v) is 5.93. The number of cyclic esters (lactones) is 1. The fraction of sp³-hybridized carbons (Fsp3) is 0.364. The number of aromatic nitrogens is 1. The first kappa shape index (κ1) is 24.7. The van der Waals surface area contributed by atoms with Gasteiger partial charge in [-0.15, -0.1) is 0 Å². The second kappa shape index (κ2) is 10.9. The molecule has 186 valence electrons. The van der Waals surface area contributed by atoms with Crippen molar-refractivity contribution in [3.63, 3.8) is 0 Å². The van der Waals surface area contributed by atoms with Crippen molar-refractivity contribution in [1.82, 2.24) is 15.4 Å². The Morgan fingerprint density at radius 1 is 1.20 bits per heavy atom. The molecule has 2 aromatic rings. The molecule has 1 atom stereocenters. The lowest BCUT2D eigenvalue weighted by molar-refractivity contribution is -0.132. The molecule has 2 aliphatic heterocycles. The normalized spacial score (nSPS) is 18.5. The van der Waals surface area contributed by atoms with Crippen LogP contribution in [0.15, 0.2) is 42.7 Å². The number of thiocarbonyl (C=S) groups is 1. The van der Waals surface area contributed by atoms with Crippen molar-refractivity contribution in [3.05, 3.63) is 54.1 Å². The Morgan fingerprint density at radius 3 is 2.69 bits per heavy atom. The van der Waals surface area contributed by atoms with E-state index < -0.39 is 30.3 Å². The molecule has 2 aliphatic rings. The molecule has 13 heteroatoms. The second-order valence-electron chi connectivity index (χ2n) is 7.76. The SMILES string of the molecule is O=C(NCC1CN(c2ccc(N3CCON(C(=S)c4ccncc4)CC3)c(F)c2)C(=O)O1)C(F)F. The van der Waals surface area contributed by atoms with Gasteiger partial charge in [-0.05, 0) is 30.3 Å². The van der Waals surface area contributed by atoms with Crippen molar-refractivity contribution in [2.24, 2.45) is 0 Å². The second-order valence-corrected chi connectivity index (χ2v) is 8.15.